The largest absolute Gasteiger partial charge is 0.497 e. The number of methoxy groups -OCH3 is 3. The van der Waals surface area contributed by atoms with E-state index in [0.717, 1.165) is 0 Å². The topological polar surface area (TPSA) is 98.2 Å². The normalized spacial score (nSPS) is 14.2. The smallest absolute Gasteiger partial charge is 0.256 e. The number of hydrogen-bond acceptors (Lipinski definition) is 7. The number of aliphatic hydroxyl groups excluding tert-OH is 1. The maximum atomic E-state index is 13.4. The Morgan fingerprint density at radius 2 is 1.64 bits per heavy atom. The van der Waals surface area contributed by atoms with Crippen LogP contribution < -0.4 is 14.2 Å². The van der Waals surface area contributed by atoms with Gasteiger partial charge >= 0.3 is 0 Å². The molecule has 8 heteroatoms. The van der Waals surface area contributed by atoms with Gasteiger partial charge in [-0.1, -0.05) is 12.1 Å². The minimum absolute atomic E-state index is 0.199. The molecule has 1 aliphatic heterocycles. The van der Waals surface area contributed by atoms with Crippen LogP contribution >= 0.6 is 0 Å². The number of carbonyl (C=O) groups excluding carboxylic acids is 2. The van der Waals surface area contributed by atoms with E-state index in [9.17, 15) is 14.7 Å². The van der Waals surface area contributed by atoms with Crippen molar-refractivity contribution in [3.8, 4) is 17.2 Å². The first-order valence-corrected chi connectivity index (χ1v) is 10.7. The Labute approximate surface area is 191 Å². The molecular formula is C25H26N2O6. The van der Waals surface area contributed by atoms with Gasteiger partial charge in [0.2, 0.25) is 5.78 Å². The lowest BCUT2D eigenvalue weighted by atomic mass is 9.98. The predicted octanol–water partition coefficient (Wildman–Crippen LogP) is 3.09. The molecule has 1 amide bonds. The minimum Gasteiger partial charge on any atom is -0.497 e. The number of ether oxygens (including phenoxy) is 3. The van der Waals surface area contributed by atoms with Gasteiger partial charge in [0.25, 0.3) is 5.91 Å². The summed E-state index contributed by atoms with van der Waals surface area (Å²) in [4.78, 5) is 32.8. The van der Waals surface area contributed by atoms with E-state index in [1.807, 2.05) is 0 Å². The summed E-state index contributed by atoms with van der Waals surface area (Å²) < 4.78 is 16.1. The van der Waals surface area contributed by atoms with Crippen molar-refractivity contribution < 1.29 is 28.9 Å². The summed E-state index contributed by atoms with van der Waals surface area (Å²) in [5.74, 6) is 0.929. The summed E-state index contributed by atoms with van der Waals surface area (Å²) in [6.07, 6.45) is 2.10. The van der Waals surface area contributed by atoms with Crippen molar-refractivity contribution in [3.63, 3.8) is 0 Å². The first-order valence-electron chi connectivity index (χ1n) is 10.7. The third-order valence-corrected chi connectivity index (χ3v) is 5.92. The minimum atomic E-state index is -0.392. The molecule has 8 nitrogen and oxygen atoms in total. The van der Waals surface area contributed by atoms with Crippen LogP contribution in [0.3, 0.4) is 0 Å². The quantitative estimate of drug-likeness (QED) is 0.576. The second kappa shape index (κ2) is 9.46. The summed E-state index contributed by atoms with van der Waals surface area (Å²) in [7, 11) is 4.56. The van der Waals surface area contributed by atoms with Crippen molar-refractivity contribution in [3.05, 3.63) is 59.4 Å². The van der Waals surface area contributed by atoms with Crippen molar-refractivity contribution >= 4 is 22.5 Å². The third-order valence-electron chi connectivity index (χ3n) is 5.92. The van der Waals surface area contributed by atoms with E-state index in [1.54, 1.807) is 41.3 Å². The highest BCUT2D eigenvalue weighted by molar-refractivity contribution is 6.18. The summed E-state index contributed by atoms with van der Waals surface area (Å²) in [6, 6.07) is 10.2. The molecule has 1 saturated heterocycles. The molecule has 1 aromatic heterocycles. The van der Waals surface area contributed by atoms with E-state index in [0.29, 0.717) is 65.1 Å². The number of pyridine rings is 1. The van der Waals surface area contributed by atoms with Gasteiger partial charge in [0.05, 0.1) is 33.0 Å². The van der Waals surface area contributed by atoms with Crippen molar-refractivity contribution in [1.29, 1.82) is 0 Å². The number of aromatic nitrogens is 1. The number of nitrogens with zero attached hydrogens (tertiary/aromatic N) is 2. The summed E-state index contributed by atoms with van der Waals surface area (Å²) in [6.45, 7) is 0.915. The van der Waals surface area contributed by atoms with Crippen LogP contribution in [0.4, 0.5) is 0 Å². The first-order chi connectivity index (χ1) is 16.0. The van der Waals surface area contributed by atoms with Crippen LogP contribution in [0.5, 0.6) is 17.2 Å². The second-order valence-corrected chi connectivity index (χ2v) is 7.86. The number of benzene rings is 2. The van der Waals surface area contributed by atoms with E-state index in [2.05, 4.69) is 4.98 Å². The summed E-state index contributed by atoms with van der Waals surface area (Å²) in [5.41, 5.74) is 0.983. The molecule has 2 heterocycles. The number of piperidine rings is 1. The molecule has 4 rings (SSSR count). The number of carbonyl (C=O) groups is 2. The molecule has 1 fully saturated rings. The van der Waals surface area contributed by atoms with Gasteiger partial charge < -0.3 is 24.2 Å². The average molecular weight is 450 g/mol. The molecule has 0 radical (unpaired) electrons. The Morgan fingerprint density at radius 3 is 2.27 bits per heavy atom. The summed E-state index contributed by atoms with van der Waals surface area (Å²) in [5, 5.41) is 10.8. The van der Waals surface area contributed by atoms with Crippen LogP contribution in [-0.2, 0) is 0 Å². The monoisotopic (exact) mass is 450 g/mol. The molecular weight excluding hydrogens is 424 g/mol. The van der Waals surface area contributed by atoms with Crippen LogP contribution in [0, 0.1) is 0 Å². The van der Waals surface area contributed by atoms with Gasteiger partial charge in [-0.3, -0.25) is 14.6 Å². The van der Waals surface area contributed by atoms with E-state index in [4.69, 9.17) is 14.2 Å². The Kier molecular flexibility index (Phi) is 6.46. The SMILES string of the molecule is COc1cccc(C(=O)c2ncc(C(=O)N3CCC(O)CC3)c3cc(OC)c(OC)cc23)c1. The third kappa shape index (κ3) is 4.34. The highest BCUT2D eigenvalue weighted by atomic mass is 16.5. The molecule has 1 aliphatic rings. The van der Waals surface area contributed by atoms with Crippen molar-refractivity contribution in [2.45, 2.75) is 18.9 Å². The van der Waals surface area contributed by atoms with Gasteiger partial charge in [-0.25, -0.2) is 0 Å². The zero-order chi connectivity index (χ0) is 23.5. The Morgan fingerprint density at radius 1 is 0.970 bits per heavy atom. The number of amides is 1. The van der Waals surface area contributed by atoms with Crippen LogP contribution in [0.25, 0.3) is 10.8 Å². The molecule has 0 saturated carbocycles. The Balaban J connectivity index is 1.86. The molecule has 0 aliphatic carbocycles. The molecule has 0 atom stereocenters. The maximum Gasteiger partial charge on any atom is 0.256 e. The Hall–Kier alpha value is -3.65. The molecule has 1 N–H and O–H groups in total. The molecule has 0 unspecified atom stereocenters. The molecule has 33 heavy (non-hydrogen) atoms. The number of ketones is 1. The van der Waals surface area contributed by atoms with Gasteiger partial charge in [0.1, 0.15) is 11.4 Å². The number of hydrogen-bond donors (Lipinski definition) is 1. The van der Waals surface area contributed by atoms with Crippen molar-refractivity contribution in [2.24, 2.45) is 0 Å². The number of aliphatic hydroxyl groups is 1. The van der Waals surface area contributed by atoms with E-state index >= 15 is 0 Å². The second-order valence-electron chi connectivity index (χ2n) is 7.86. The Bertz CT molecular complexity index is 1200. The lowest BCUT2D eigenvalue weighted by molar-refractivity contribution is 0.0547. The van der Waals surface area contributed by atoms with Gasteiger partial charge in [-0.05, 0) is 37.1 Å². The molecule has 2 aromatic carbocycles. The lowest BCUT2D eigenvalue weighted by Gasteiger charge is -2.30. The highest BCUT2D eigenvalue weighted by Gasteiger charge is 2.26. The number of fused-ring (bicyclic) bond motifs is 1. The van der Waals surface area contributed by atoms with E-state index in [1.165, 1.54) is 27.5 Å². The van der Waals surface area contributed by atoms with Gasteiger partial charge in [-0.15, -0.1) is 0 Å². The zero-order valence-electron chi connectivity index (χ0n) is 18.8. The molecule has 3 aromatic rings. The number of likely N-dealkylation sites (tertiary alicyclic amines) is 1. The molecule has 0 bridgehead atoms. The summed E-state index contributed by atoms with van der Waals surface area (Å²) >= 11 is 0. The van der Waals surface area contributed by atoms with Crippen LogP contribution in [0.15, 0.2) is 42.6 Å². The van der Waals surface area contributed by atoms with Crippen LogP contribution in [-0.4, -0.2) is 67.2 Å². The van der Waals surface area contributed by atoms with E-state index < -0.39 is 6.10 Å². The predicted molar refractivity (Wildman–Crippen MR) is 122 cm³/mol. The van der Waals surface area contributed by atoms with Crippen molar-refractivity contribution in [1.82, 2.24) is 9.88 Å². The van der Waals surface area contributed by atoms with Gasteiger partial charge in [0, 0.05) is 35.6 Å². The van der Waals surface area contributed by atoms with Crippen molar-refractivity contribution in [2.75, 3.05) is 34.4 Å². The van der Waals surface area contributed by atoms with Crippen LogP contribution in [0.2, 0.25) is 0 Å². The van der Waals surface area contributed by atoms with Crippen LogP contribution in [0.1, 0.15) is 39.3 Å². The first kappa shape index (κ1) is 22.5. The lowest BCUT2D eigenvalue weighted by Crippen LogP contribution is -2.40. The van der Waals surface area contributed by atoms with Gasteiger partial charge in [-0.2, -0.15) is 0 Å². The average Bonchev–Trinajstić information content (AvgIpc) is 2.86. The fourth-order valence-corrected chi connectivity index (χ4v) is 4.06. The molecule has 172 valence electrons. The van der Waals surface area contributed by atoms with E-state index in [-0.39, 0.29) is 17.4 Å². The molecule has 0 spiro atoms. The maximum absolute atomic E-state index is 13.4. The zero-order valence-corrected chi connectivity index (χ0v) is 18.8. The number of rotatable bonds is 6. The fourth-order valence-electron chi connectivity index (χ4n) is 4.06. The fraction of sp³-hybridized carbons (Fsp3) is 0.320. The standard InChI is InChI=1S/C25H26N2O6/c1-31-17-6-4-5-15(11-17)24(29)23-19-13-22(33-3)21(32-2)12-18(19)20(14-26-23)25(30)27-9-7-16(28)8-10-27/h4-6,11-14,16,28H,7-10H2,1-3H3. The highest BCUT2D eigenvalue weighted by Crippen LogP contribution is 2.36. The van der Waals surface area contributed by atoms with Gasteiger partial charge in [0.15, 0.2) is 11.5 Å².